The van der Waals surface area contributed by atoms with Gasteiger partial charge in [-0.1, -0.05) is 60.7 Å². The standard InChI is InChI=1S/C28H33NO7/c1-27(2)33-22-20(32-26-24(23(22)34-27)35-28(3,4)36-26)19-21(31-16-18-13-9-6-10-14-18)25(30)29(19)15-17-11-7-5-8-12-17/h5-14,19-24,26H,15-16H2,1-4H3/t19-,20-,21+,22+,23+,24-,26-/m1/s1. The van der Waals surface area contributed by atoms with Crippen LogP contribution in [0.3, 0.4) is 0 Å². The third-order valence-corrected chi connectivity index (χ3v) is 7.19. The summed E-state index contributed by atoms with van der Waals surface area (Å²) >= 11 is 0. The number of nitrogens with zero attached hydrogens (tertiary/aromatic N) is 1. The first-order valence-electron chi connectivity index (χ1n) is 12.6. The Bertz CT molecular complexity index is 1090. The number of rotatable bonds is 6. The lowest BCUT2D eigenvalue weighted by Crippen LogP contribution is -2.74. The number of hydrogen-bond donors (Lipinski definition) is 0. The SMILES string of the molecule is CC1(C)O[C@@H]2[C@H](O1)[C@H]1OC(C)(C)O[C@H]1O[C@@H]2[C@@H]1[C@H](OCc2ccccc2)C(=O)N1Cc1ccccc1. The minimum Gasteiger partial charge on any atom is -0.361 e. The fourth-order valence-electron chi connectivity index (χ4n) is 5.70. The van der Waals surface area contributed by atoms with Crippen LogP contribution >= 0.6 is 0 Å². The molecule has 0 aliphatic carbocycles. The molecule has 0 radical (unpaired) electrons. The van der Waals surface area contributed by atoms with E-state index < -0.39 is 48.4 Å². The van der Waals surface area contributed by atoms with E-state index in [1.807, 2.05) is 93.3 Å². The number of ether oxygens (including phenoxy) is 6. The Morgan fingerprint density at radius 3 is 1.97 bits per heavy atom. The molecule has 0 N–H and O–H groups in total. The Morgan fingerprint density at radius 1 is 0.750 bits per heavy atom. The van der Waals surface area contributed by atoms with Gasteiger partial charge in [-0.25, -0.2) is 0 Å². The van der Waals surface area contributed by atoms with Crippen LogP contribution in [0.15, 0.2) is 60.7 Å². The molecule has 0 unspecified atom stereocenters. The van der Waals surface area contributed by atoms with Gasteiger partial charge in [-0.3, -0.25) is 4.79 Å². The summed E-state index contributed by atoms with van der Waals surface area (Å²) in [6, 6.07) is 19.4. The smallest absolute Gasteiger partial charge is 0.254 e. The van der Waals surface area contributed by atoms with E-state index in [9.17, 15) is 4.79 Å². The van der Waals surface area contributed by atoms with Crippen LogP contribution in [-0.2, 0) is 46.4 Å². The lowest BCUT2D eigenvalue weighted by atomic mass is 9.84. The van der Waals surface area contributed by atoms with Gasteiger partial charge in [-0.15, -0.1) is 0 Å². The molecule has 6 rings (SSSR count). The highest BCUT2D eigenvalue weighted by Gasteiger charge is 2.66. The van der Waals surface area contributed by atoms with Gasteiger partial charge in [0.25, 0.3) is 5.91 Å². The molecule has 7 atom stereocenters. The average Bonchev–Trinajstić information content (AvgIpc) is 3.35. The van der Waals surface area contributed by atoms with Crippen molar-refractivity contribution in [1.29, 1.82) is 0 Å². The first-order valence-corrected chi connectivity index (χ1v) is 12.6. The van der Waals surface area contributed by atoms with Gasteiger partial charge < -0.3 is 33.3 Å². The van der Waals surface area contributed by atoms with Gasteiger partial charge in [-0.2, -0.15) is 0 Å². The van der Waals surface area contributed by atoms with Gasteiger partial charge in [0.1, 0.15) is 24.4 Å². The van der Waals surface area contributed by atoms with Crippen molar-refractivity contribution in [2.24, 2.45) is 0 Å². The van der Waals surface area contributed by atoms with E-state index in [0.717, 1.165) is 11.1 Å². The lowest BCUT2D eigenvalue weighted by Gasteiger charge is -2.53. The second-order valence-corrected chi connectivity index (χ2v) is 10.8. The van der Waals surface area contributed by atoms with Crippen LogP contribution < -0.4 is 0 Å². The number of carbonyl (C=O) groups excluding carboxylic acids is 1. The van der Waals surface area contributed by atoms with Crippen LogP contribution in [0.25, 0.3) is 0 Å². The van der Waals surface area contributed by atoms with Crippen molar-refractivity contribution >= 4 is 5.91 Å². The van der Waals surface area contributed by atoms with Crippen molar-refractivity contribution in [3.05, 3.63) is 71.8 Å². The summed E-state index contributed by atoms with van der Waals surface area (Å²) in [5.41, 5.74) is 2.04. The number of benzene rings is 2. The Kier molecular flexibility index (Phi) is 5.94. The zero-order valence-corrected chi connectivity index (χ0v) is 21.0. The Morgan fingerprint density at radius 2 is 1.31 bits per heavy atom. The molecule has 8 nitrogen and oxygen atoms in total. The molecule has 0 aromatic heterocycles. The molecule has 8 heteroatoms. The first-order chi connectivity index (χ1) is 17.2. The highest BCUT2D eigenvalue weighted by Crippen LogP contribution is 2.47. The number of fused-ring (bicyclic) bond motifs is 3. The van der Waals surface area contributed by atoms with E-state index in [4.69, 9.17) is 28.4 Å². The van der Waals surface area contributed by atoms with E-state index in [1.54, 1.807) is 0 Å². The molecular formula is C28H33NO7. The largest absolute Gasteiger partial charge is 0.361 e. The average molecular weight is 496 g/mol. The maximum absolute atomic E-state index is 13.4. The maximum Gasteiger partial charge on any atom is 0.254 e. The Balaban J connectivity index is 1.30. The zero-order valence-electron chi connectivity index (χ0n) is 21.0. The highest BCUT2D eigenvalue weighted by atomic mass is 16.9. The fourth-order valence-corrected chi connectivity index (χ4v) is 5.70. The van der Waals surface area contributed by atoms with E-state index in [-0.39, 0.29) is 11.9 Å². The first kappa shape index (κ1) is 24.0. The number of amides is 1. The lowest BCUT2D eigenvalue weighted by molar-refractivity contribution is -0.267. The molecule has 4 aliphatic rings. The van der Waals surface area contributed by atoms with Gasteiger partial charge in [0.05, 0.1) is 12.6 Å². The van der Waals surface area contributed by atoms with E-state index in [0.29, 0.717) is 13.2 Å². The molecule has 192 valence electrons. The van der Waals surface area contributed by atoms with Gasteiger partial charge in [0.2, 0.25) is 0 Å². The quantitative estimate of drug-likeness (QED) is 0.569. The highest BCUT2D eigenvalue weighted by molar-refractivity contribution is 5.88. The summed E-state index contributed by atoms with van der Waals surface area (Å²) in [6.45, 7) is 8.27. The number of likely N-dealkylation sites (tertiary alicyclic amines) is 1. The van der Waals surface area contributed by atoms with Crippen LogP contribution in [0.1, 0.15) is 38.8 Å². The molecule has 1 amide bonds. The van der Waals surface area contributed by atoms with Crippen molar-refractivity contribution in [3.63, 3.8) is 0 Å². The van der Waals surface area contributed by atoms with E-state index in [1.165, 1.54) is 0 Å². The maximum atomic E-state index is 13.4. The zero-order chi connectivity index (χ0) is 25.1. The van der Waals surface area contributed by atoms with Crippen molar-refractivity contribution in [1.82, 2.24) is 4.90 Å². The Labute approximate surface area is 211 Å². The molecule has 36 heavy (non-hydrogen) atoms. The fraction of sp³-hybridized carbons (Fsp3) is 0.536. The van der Waals surface area contributed by atoms with Gasteiger partial charge >= 0.3 is 0 Å². The monoisotopic (exact) mass is 495 g/mol. The third kappa shape index (κ3) is 4.36. The Hall–Kier alpha value is -2.33. The summed E-state index contributed by atoms with van der Waals surface area (Å²) < 4.78 is 37.7. The summed E-state index contributed by atoms with van der Waals surface area (Å²) in [6.07, 6.45) is -3.08. The third-order valence-electron chi connectivity index (χ3n) is 7.19. The van der Waals surface area contributed by atoms with Crippen LogP contribution in [0.4, 0.5) is 0 Å². The molecule has 4 heterocycles. The number of β-lactam (4-membered cyclic amide) rings is 1. The van der Waals surface area contributed by atoms with Crippen LogP contribution in [0, 0.1) is 0 Å². The molecular weight excluding hydrogens is 462 g/mol. The summed E-state index contributed by atoms with van der Waals surface area (Å²) in [4.78, 5) is 15.2. The van der Waals surface area contributed by atoms with Crippen LogP contribution in [0.2, 0.25) is 0 Å². The van der Waals surface area contributed by atoms with E-state index in [2.05, 4.69) is 0 Å². The normalized spacial score (nSPS) is 36.3. The second-order valence-electron chi connectivity index (χ2n) is 10.8. The van der Waals surface area contributed by atoms with Gasteiger partial charge in [0, 0.05) is 6.54 Å². The molecule has 2 aromatic carbocycles. The van der Waals surface area contributed by atoms with Crippen LogP contribution in [0.5, 0.6) is 0 Å². The number of hydrogen-bond acceptors (Lipinski definition) is 7. The molecule has 0 spiro atoms. The van der Waals surface area contributed by atoms with E-state index >= 15 is 0 Å². The van der Waals surface area contributed by atoms with Gasteiger partial charge in [0.15, 0.2) is 24.0 Å². The molecule has 0 saturated carbocycles. The summed E-state index contributed by atoms with van der Waals surface area (Å²) in [5, 5.41) is 0. The minimum absolute atomic E-state index is 0.0656. The summed E-state index contributed by atoms with van der Waals surface area (Å²) in [7, 11) is 0. The van der Waals surface area contributed by atoms with Crippen molar-refractivity contribution in [3.8, 4) is 0 Å². The van der Waals surface area contributed by atoms with Crippen molar-refractivity contribution < 1.29 is 33.2 Å². The van der Waals surface area contributed by atoms with Crippen molar-refractivity contribution in [2.45, 2.75) is 95.3 Å². The predicted octanol–water partition coefficient (Wildman–Crippen LogP) is 3.38. The van der Waals surface area contributed by atoms with Crippen LogP contribution in [-0.4, -0.2) is 65.2 Å². The molecule has 0 bridgehead atoms. The minimum atomic E-state index is -0.819. The number of carbonyl (C=O) groups is 1. The molecule has 4 aliphatic heterocycles. The predicted molar refractivity (Wildman–Crippen MR) is 128 cm³/mol. The topological polar surface area (TPSA) is 75.7 Å². The summed E-state index contributed by atoms with van der Waals surface area (Å²) in [5.74, 6) is -1.70. The van der Waals surface area contributed by atoms with Gasteiger partial charge in [-0.05, 0) is 38.8 Å². The van der Waals surface area contributed by atoms with Crippen molar-refractivity contribution in [2.75, 3.05) is 0 Å². The molecule has 4 saturated heterocycles. The molecule has 4 fully saturated rings. The molecule has 2 aromatic rings. The second kappa shape index (κ2) is 8.90.